The van der Waals surface area contributed by atoms with Crippen LogP contribution in [0.5, 0.6) is 0 Å². The first-order valence-electron chi connectivity index (χ1n) is 7.47. The number of aromatic nitrogens is 1. The molecule has 112 valence electrons. The van der Waals surface area contributed by atoms with Crippen LogP contribution in [-0.2, 0) is 6.54 Å². The van der Waals surface area contributed by atoms with Gasteiger partial charge >= 0.3 is 0 Å². The number of halogens is 1. The van der Waals surface area contributed by atoms with E-state index in [0.717, 1.165) is 36.0 Å². The fourth-order valence-electron chi connectivity index (χ4n) is 3.18. The van der Waals surface area contributed by atoms with Gasteiger partial charge in [0.15, 0.2) is 0 Å². The Labute approximate surface area is 134 Å². The lowest BCUT2D eigenvalue weighted by Gasteiger charge is -2.42. The summed E-state index contributed by atoms with van der Waals surface area (Å²) in [6.45, 7) is 7.58. The zero-order chi connectivity index (χ0) is 15.0. The van der Waals surface area contributed by atoms with E-state index in [2.05, 4.69) is 57.9 Å². The lowest BCUT2D eigenvalue weighted by Crippen LogP contribution is -2.52. The van der Waals surface area contributed by atoms with Crippen molar-refractivity contribution >= 4 is 26.8 Å². The van der Waals surface area contributed by atoms with Gasteiger partial charge in [0.25, 0.3) is 0 Å². The van der Waals surface area contributed by atoms with Gasteiger partial charge in [0.05, 0.1) is 5.52 Å². The molecule has 1 aliphatic rings. The number of benzene rings is 1. The average Bonchev–Trinajstić information content (AvgIpc) is 2.46. The SMILES string of the molecule is CC1(C)CN(Cc2ccc(Br)c3cccnc23)CCC1N. The molecule has 1 aromatic carbocycles. The van der Waals surface area contributed by atoms with Gasteiger partial charge in [-0.3, -0.25) is 9.88 Å². The molecule has 2 aromatic rings. The van der Waals surface area contributed by atoms with Crippen molar-refractivity contribution in [1.29, 1.82) is 0 Å². The highest BCUT2D eigenvalue weighted by Gasteiger charge is 2.33. The second kappa shape index (κ2) is 5.67. The second-order valence-electron chi connectivity index (χ2n) is 6.70. The number of likely N-dealkylation sites (tertiary alicyclic amines) is 1. The van der Waals surface area contributed by atoms with Crippen LogP contribution in [0.3, 0.4) is 0 Å². The molecule has 21 heavy (non-hydrogen) atoms. The van der Waals surface area contributed by atoms with Gasteiger partial charge in [-0.15, -0.1) is 0 Å². The summed E-state index contributed by atoms with van der Waals surface area (Å²) < 4.78 is 1.11. The third-order valence-corrected chi connectivity index (χ3v) is 5.28. The summed E-state index contributed by atoms with van der Waals surface area (Å²) in [6.07, 6.45) is 2.93. The predicted molar refractivity (Wildman–Crippen MR) is 91.1 cm³/mol. The van der Waals surface area contributed by atoms with Gasteiger partial charge < -0.3 is 5.73 Å². The van der Waals surface area contributed by atoms with Gasteiger partial charge in [0.1, 0.15) is 0 Å². The largest absolute Gasteiger partial charge is 0.327 e. The average molecular weight is 348 g/mol. The maximum Gasteiger partial charge on any atom is 0.0758 e. The van der Waals surface area contributed by atoms with Crippen LogP contribution in [0.2, 0.25) is 0 Å². The molecule has 0 amide bonds. The van der Waals surface area contributed by atoms with Crippen LogP contribution < -0.4 is 5.73 Å². The Balaban J connectivity index is 1.88. The van der Waals surface area contributed by atoms with Gasteiger partial charge in [0.2, 0.25) is 0 Å². The van der Waals surface area contributed by atoms with Crippen molar-refractivity contribution < 1.29 is 0 Å². The molecule has 4 heteroatoms. The number of pyridine rings is 1. The maximum absolute atomic E-state index is 6.23. The van der Waals surface area contributed by atoms with Gasteiger partial charge in [0, 0.05) is 41.7 Å². The molecule has 3 rings (SSSR count). The molecule has 1 unspecified atom stereocenters. The van der Waals surface area contributed by atoms with E-state index in [1.807, 2.05) is 12.3 Å². The van der Waals surface area contributed by atoms with Crippen LogP contribution in [0.15, 0.2) is 34.9 Å². The van der Waals surface area contributed by atoms with Crippen molar-refractivity contribution in [3.8, 4) is 0 Å². The molecule has 1 aliphatic heterocycles. The van der Waals surface area contributed by atoms with Gasteiger partial charge in [-0.25, -0.2) is 0 Å². The third kappa shape index (κ3) is 2.98. The molecular formula is C17H22BrN3. The molecule has 0 saturated carbocycles. The second-order valence-corrected chi connectivity index (χ2v) is 7.55. The Bertz CT molecular complexity index is 654. The molecule has 3 nitrogen and oxygen atoms in total. The molecule has 1 saturated heterocycles. The summed E-state index contributed by atoms with van der Waals surface area (Å²) in [7, 11) is 0. The molecule has 0 spiro atoms. The van der Waals surface area contributed by atoms with Gasteiger partial charge in [-0.05, 0) is 29.5 Å². The summed E-state index contributed by atoms with van der Waals surface area (Å²) >= 11 is 3.61. The van der Waals surface area contributed by atoms with Crippen LogP contribution in [0, 0.1) is 5.41 Å². The summed E-state index contributed by atoms with van der Waals surface area (Å²) in [5.41, 5.74) is 8.80. The molecule has 0 radical (unpaired) electrons. The van der Waals surface area contributed by atoms with Crippen molar-refractivity contribution in [2.45, 2.75) is 32.9 Å². The Morgan fingerprint density at radius 2 is 2.19 bits per heavy atom. The Morgan fingerprint density at radius 1 is 1.38 bits per heavy atom. The zero-order valence-electron chi connectivity index (χ0n) is 12.6. The number of hydrogen-bond acceptors (Lipinski definition) is 3. The first kappa shape index (κ1) is 14.9. The van der Waals surface area contributed by atoms with E-state index in [1.165, 1.54) is 10.9 Å². The van der Waals surface area contributed by atoms with E-state index in [9.17, 15) is 0 Å². The summed E-state index contributed by atoms with van der Waals surface area (Å²) in [5.74, 6) is 0. The molecule has 2 heterocycles. The molecule has 0 bridgehead atoms. The van der Waals surface area contributed by atoms with E-state index >= 15 is 0 Å². The minimum atomic E-state index is 0.177. The number of piperidine rings is 1. The number of nitrogens with two attached hydrogens (primary N) is 1. The van der Waals surface area contributed by atoms with E-state index in [4.69, 9.17) is 5.73 Å². The van der Waals surface area contributed by atoms with Crippen LogP contribution in [0.4, 0.5) is 0 Å². The minimum absolute atomic E-state index is 0.177. The highest BCUT2D eigenvalue weighted by molar-refractivity contribution is 9.10. The van der Waals surface area contributed by atoms with Crippen molar-refractivity contribution in [3.63, 3.8) is 0 Å². The summed E-state index contributed by atoms with van der Waals surface area (Å²) in [5, 5.41) is 1.18. The quantitative estimate of drug-likeness (QED) is 0.902. The molecule has 2 N–H and O–H groups in total. The lowest BCUT2D eigenvalue weighted by atomic mass is 9.79. The van der Waals surface area contributed by atoms with E-state index < -0.39 is 0 Å². The number of nitrogens with zero attached hydrogens (tertiary/aromatic N) is 2. The van der Waals surface area contributed by atoms with E-state index in [-0.39, 0.29) is 5.41 Å². The Kier molecular flexibility index (Phi) is 4.04. The molecule has 1 aromatic heterocycles. The van der Waals surface area contributed by atoms with Crippen molar-refractivity contribution in [2.24, 2.45) is 11.1 Å². The summed E-state index contributed by atoms with van der Waals surface area (Å²) in [6, 6.07) is 8.71. The smallest absolute Gasteiger partial charge is 0.0758 e. The topological polar surface area (TPSA) is 42.2 Å². The maximum atomic E-state index is 6.23. The van der Waals surface area contributed by atoms with E-state index in [0.29, 0.717) is 6.04 Å². The van der Waals surface area contributed by atoms with Crippen LogP contribution in [0.25, 0.3) is 10.9 Å². The van der Waals surface area contributed by atoms with Crippen molar-refractivity contribution in [3.05, 3.63) is 40.5 Å². The van der Waals surface area contributed by atoms with Crippen LogP contribution >= 0.6 is 15.9 Å². The van der Waals surface area contributed by atoms with Crippen molar-refractivity contribution in [2.75, 3.05) is 13.1 Å². The molecule has 1 atom stereocenters. The molecule has 1 fully saturated rings. The first-order valence-corrected chi connectivity index (χ1v) is 8.27. The predicted octanol–water partition coefficient (Wildman–Crippen LogP) is 3.56. The van der Waals surface area contributed by atoms with Gasteiger partial charge in [-0.1, -0.05) is 41.9 Å². The summed E-state index contributed by atoms with van der Waals surface area (Å²) in [4.78, 5) is 7.08. The highest BCUT2D eigenvalue weighted by atomic mass is 79.9. The standard InChI is InChI=1S/C17H22BrN3/c1-17(2)11-21(9-7-15(17)19)10-12-5-6-14(18)13-4-3-8-20-16(12)13/h3-6,8,15H,7,9-11,19H2,1-2H3. The zero-order valence-corrected chi connectivity index (χ0v) is 14.2. The fourth-order valence-corrected chi connectivity index (χ4v) is 3.64. The van der Waals surface area contributed by atoms with Crippen LogP contribution in [-0.4, -0.2) is 29.0 Å². The van der Waals surface area contributed by atoms with Gasteiger partial charge in [-0.2, -0.15) is 0 Å². The lowest BCUT2D eigenvalue weighted by molar-refractivity contribution is 0.0901. The highest BCUT2D eigenvalue weighted by Crippen LogP contribution is 2.30. The Hall–Kier alpha value is -0.970. The first-order chi connectivity index (χ1) is 9.97. The number of fused-ring (bicyclic) bond motifs is 1. The third-order valence-electron chi connectivity index (χ3n) is 4.59. The van der Waals surface area contributed by atoms with Crippen molar-refractivity contribution in [1.82, 2.24) is 9.88 Å². The minimum Gasteiger partial charge on any atom is -0.327 e. The normalized spacial score (nSPS) is 22.6. The molecule has 0 aliphatic carbocycles. The fraction of sp³-hybridized carbons (Fsp3) is 0.471. The van der Waals surface area contributed by atoms with E-state index in [1.54, 1.807) is 0 Å². The van der Waals surface area contributed by atoms with Crippen LogP contribution in [0.1, 0.15) is 25.8 Å². The molecular weight excluding hydrogens is 326 g/mol. The number of rotatable bonds is 2. The monoisotopic (exact) mass is 347 g/mol. The number of hydrogen-bond donors (Lipinski definition) is 1. The Morgan fingerprint density at radius 3 is 2.95 bits per heavy atom.